The number of carbonyl (C=O) groups is 3. The topological polar surface area (TPSA) is 87.7 Å². The Morgan fingerprint density at radius 3 is 2.47 bits per heavy atom. The van der Waals surface area contributed by atoms with Crippen molar-refractivity contribution in [2.75, 3.05) is 11.9 Å². The molecule has 4 amide bonds. The number of nitrogens with zero attached hydrogens (tertiary/aromatic N) is 1. The molecule has 1 aliphatic carbocycles. The molecule has 7 nitrogen and oxygen atoms in total. The minimum atomic E-state index is -4.66. The quantitative estimate of drug-likeness (QED) is 0.376. The highest BCUT2D eigenvalue weighted by Gasteiger charge is 2.52. The van der Waals surface area contributed by atoms with E-state index in [0.29, 0.717) is 25.0 Å². The number of hydrogen-bond acceptors (Lipinski definition) is 4. The lowest BCUT2D eigenvalue weighted by atomic mass is 9.78. The Labute approximate surface area is 224 Å². The molecule has 2 aliphatic rings. The van der Waals surface area contributed by atoms with Crippen molar-refractivity contribution in [3.05, 3.63) is 87.9 Å². The summed E-state index contributed by atoms with van der Waals surface area (Å²) >= 11 is 3.29. The molecule has 1 fully saturated rings. The minimum absolute atomic E-state index is 0.0359. The molecule has 0 saturated carbocycles. The van der Waals surface area contributed by atoms with Crippen molar-refractivity contribution in [1.29, 1.82) is 0 Å². The molecule has 1 aliphatic heterocycles. The number of nitrogens with one attached hydrogen (secondary N) is 2. The number of fused-ring (bicyclic) bond motifs is 1. The number of rotatable bonds is 5. The number of benzene rings is 3. The van der Waals surface area contributed by atoms with Gasteiger partial charge in [0.2, 0.25) is 5.91 Å². The average Bonchev–Trinajstić information content (AvgIpc) is 3.09. The summed E-state index contributed by atoms with van der Waals surface area (Å²) in [7, 11) is 0. The molecule has 0 bridgehead atoms. The van der Waals surface area contributed by atoms with E-state index in [-0.39, 0.29) is 11.4 Å². The van der Waals surface area contributed by atoms with Gasteiger partial charge >= 0.3 is 12.2 Å². The number of urea groups is 1. The van der Waals surface area contributed by atoms with Gasteiger partial charge in [0.1, 0.15) is 17.8 Å². The summed E-state index contributed by atoms with van der Waals surface area (Å²) in [6.45, 7) is -0.665. The first-order valence-corrected chi connectivity index (χ1v) is 12.5. The van der Waals surface area contributed by atoms with Crippen LogP contribution in [0.25, 0.3) is 0 Å². The number of imide groups is 1. The fourth-order valence-corrected chi connectivity index (χ4v) is 4.96. The van der Waals surface area contributed by atoms with Gasteiger partial charge in [0.05, 0.1) is 11.3 Å². The molecule has 11 heteroatoms. The summed E-state index contributed by atoms with van der Waals surface area (Å²) in [6, 6.07) is 16.2. The summed E-state index contributed by atoms with van der Waals surface area (Å²) in [4.78, 5) is 39.7. The zero-order chi connectivity index (χ0) is 27.1. The van der Waals surface area contributed by atoms with Crippen LogP contribution in [0.1, 0.15) is 23.1 Å². The van der Waals surface area contributed by atoms with Gasteiger partial charge in [-0.05, 0) is 66.4 Å². The lowest BCUT2D eigenvalue weighted by Crippen LogP contribution is -2.51. The molecule has 3 aromatic carbocycles. The Bertz CT molecular complexity index is 1430. The van der Waals surface area contributed by atoms with E-state index in [1.807, 2.05) is 24.3 Å². The van der Waals surface area contributed by atoms with Gasteiger partial charge < -0.3 is 15.4 Å². The van der Waals surface area contributed by atoms with Crippen molar-refractivity contribution < 1.29 is 32.3 Å². The molecule has 0 radical (unpaired) electrons. The second-order valence-corrected chi connectivity index (χ2v) is 10.1. The predicted molar refractivity (Wildman–Crippen MR) is 136 cm³/mol. The predicted octanol–water partition coefficient (Wildman–Crippen LogP) is 5.68. The highest BCUT2D eigenvalue weighted by Crippen LogP contribution is 2.38. The van der Waals surface area contributed by atoms with E-state index in [9.17, 15) is 27.6 Å². The van der Waals surface area contributed by atoms with Crippen LogP contribution in [0.15, 0.2) is 71.2 Å². The van der Waals surface area contributed by atoms with Crippen molar-refractivity contribution in [2.45, 2.75) is 31.0 Å². The molecular weight excluding hydrogens is 567 g/mol. The molecule has 1 saturated heterocycles. The lowest BCUT2D eigenvalue weighted by Gasteiger charge is -2.32. The van der Waals surface area contributed by atoms with E-state index >= 15 is 0 Å². The van der Waals surface area contributed by atoms with Gasteiger partial charge in [-0.15, -0.1) is 0 Å². The van der Waals surface area contributed by atoms with E-state index < -0.39 is 41.7 Å². The molecule has 1 heterocycles. The van der Waals surface area contributed by atoms with E-state index in [0.717, 1.165) is 38.7 Å². The Hall–Kier alpha value is -3.86. The second-order valence-electron chi connectivity index (χ2n) is 9.16. The number of carbonyl (C=O) groups excluding carboxylic acids is 3. The summed E-state index contributed by atoms with van der Waals surface area (Å²) < 4.78 is 46.6. The molecule has 0 unspecified atom stereocenters. The van der Waals surface area contributed by atoms with Crippen LogP contribution >= 0.6 is 15.9 Å². The maximum atomic E-state index is 13.4. The maximum absolute atomic E-state index is 13.4. The fourth-order valence-electron chi connectivity index (χ4n) is 4.70. The molecule has 0 aromatic heterocycles. The van der Waals surface area contributed by atoms with Gasteiger partial charge in [0.25, 0.3) is 5.91 Å². The summed E-state index contributed by atoms with van der Waals surface area (Å²) in [5, 5.41) is 5.12. The Morgan fingerprint density at radius 2 is 1.76 bits per heavy atom. The third-order valence-corrected chi connectivity index (χ3v) is 7.13. The number of alkyl halides is 3. The third kappa shape index (κ3) is 5.10. The monoisotopic (exact) mass is 587 g/mol. The van der Waals surface area contributed by atoms with Gasteiger partial charge in [-0.3, -0.25) is 14.5 Å². The lowest BCUT2D eigenvalue weighted by molar-refractivity contribution is -0.137. The van der Waals surface area contributed by atoms with Crippen LogP contribution in [0.5, 0.6) is 11.5 Å². The zero-order valence-electron chi connectivity index (χ0n) is 19.8. The van der Waals surface area contributed by atoms with Crippen LogP contribution in [0, 0.1) is 0 Å². The van der Waals surface area contributed by atoms with E-state index in [4.69, 9.17) is 4.74 Å². The van der Waals surface area contributed by atoms with Crippen LogP contribution in [-0.2, 0) is 28.6 Å². The number of aryl methyl sites for hydroxylation is 1. The van der Waals surface area contributed by atoms with Crippen molar-refractivity contribution in [3.63, 3.8) is 0 Å². The molecule has 3 aromatic rings. The van der Waals surface area contributed by atoms with Crippen LogP contribution < -0.4 is 15.4 Å². The molecule has 1 spiro atoms. The fraction of sp³-hybridized carbons (Fsp3) is 0.222. The van der Waals surface area contributed by atoms with Gasteiger partial charge in [0, 0.05) is 10.9 Å². The van der Waals surface area contributed by atoms with Crippen LogP contribution in [0.4, 0.5) is 23.7 Å². The summed E-state index contributed by atoms with van der Waals surface area (Å²) in [5.74, 6) is -1.09. The van der Waals surface area contributed by atoms with Crippen LogP contribution in [-0.4, -0.2) is 34.8 Å². The Kier molecular flexibility index (Phi) is 6.64. The van der Waals surface area contributed by atoms with Gasteiger partial charge in [0.15, 0.2) is 5.75 Å². The summed E-state index contributed by atoms with van der Waals surface area (Å²) in [6.07, 6.45) is -3.40. The molecule has 38 heavy (non-hydrogen) atoms. The van der Waals surface area contributed by atoms with Gasteiger partial charge in [-0.2, -0.15) is 13.2 Å². The second kappa shape index (κ2) is 9.79. The first-order chi connectivity index (χ1) is 18.0. The first-order valence-electron chi connectivity index (χ1n) is 11.7. The first kappa shape index (κ1) is 25.8. The normalized spacial score (nSPS) is 18.8. The van der Waals surface area contributed by atoms with E-state index in [1.165, 1.54) is 0 Å². The summed E-state index contributed by atoms with van der Waals surface area (Å²) in [5.41, 5.74) is -0.360. The van der Waals surface area contributed by atoms with Crippen molar-refractivity contribution >= 4 is 39.5 Å². The highest BCUT2D eigenvalue weighted by atomic mass is 79.9. The largest absolute Gasteiger partial charge is 0.455 e. The van der Waals surface area contributed by atoms with E-state index in [2.05, 4.69) is 26.6 Å². The van der Waals surface area contributed by atoms with Crippen molar-refractivity contribution in [1.82, 2.24) is 10.2 Å². The standard InChI is InChI=1S/C27H21BrF3N3O4/c28-19-6-8-20(9-7-19)38-22-10-5-18(27(29,30)31)13-21(22)32-23(35)15-34-24(36)26(33-25(34)37)12-11-16-3-1-2-4-17(16)14-26/h1-10,13H,11-12,14-15H2,(H,32,35)(H,33,37)/t26-/m1/s1. The SMILES string of the molecule is O=C(CN1C(=O)N[C@@]2(CCc3ccccc3C2)C1=O)Nc1cc(C(F)(F)F)ccc1Oc1ccc(Br)cc1. The zero-order valence-corrected chi connectivity index (χ0v) is 21.4. The van der Waals surface area contributed by atoms with Crippen molar-refractivity contribution in [3.8, 4) is 11.5 Å². The molecule has 1 atom stereocenters. The molecule has 2 N–H and O–H groups in total. The third-order valence-electron chi connectivity index (χ3n) is 6.60. The highest BCUT2D eigenvalue weighted by molar-refractivity contribution is 9.10. The number of halogens is 4. The molecular formula is C27H21BrF3N3O4. The van der Waals surface area contributed by atoms with Crippen LogP contribution in [0.3, 0.4) is 0 Å². The van der Waals surface area contributed by atoms with Crippen LogP contribution in [0.2, 0.25) is 0 Å². The molecule has 5 rings (SSSR count). The molecule has 196 valence electrons. The minimum Gasteiger partial charge on any atom is -0.455 e. The Balaban J connectivity index is 1.35. The van der Waals surface area contributed by atoms with Gasteiger partial charge in [-0.1, -0.05) is 40.2 Å². The van der Waals surface area contributed by atoms with E-state index in [1.54, 1.807) is 24.3 Å². The number of ether oxygens (including phenoxy) is 1. The average molecular weight is 588 g/mol. The Morgan fingerprint density at radius 1 is 1.05 bits per heavy atom. The smallest absolute Gasteiger partial charge is 0.416 e. The number of amides is 4. The number of anilines is 1. The number of hydrogen-bond donors (Lipinski definition) is 2. The maximum Gasteiger partial charge on any atom is 0.416 e. The van der Waals surface area contributed by atoms with Crippen molar-refractivity contribution in [2.24, 2.45) is 0 Å². The van der Waals surface area contributed by atoms with Gasteiger partial charge in [-0.25, -0.2) is 4.79 Å².